The number of halogens is 1. The van der Waals surface area contributed by atoms with Crippen LogP contribution in [0, 0.1) is 0 Å². The first-order valence-electron chi connectivity index (χ1n) is 7.72. The number of anilines is 1. The highest BCUT2D eigenvalue weighted by atomic mass is 35.5. The Morgan fingerprint density at radius 1 is 1.13 bits per heavy atom. The minimum atomic E-state index is -0.994. The highest BCUT2D eigenvalue weighted by molar-refractivity contribution is 6.30. The lowest BCUT2D eigenvalue weighted by Crippen LogP contribution is -2.51. The highest BCUT2D eigenvalue weighted by Crippen LogP contribution is 2.24. The second-order valence-electron chi connectivity index (χ2n) is 5.82. The third kappa shape index (κ3) is 3.59. The van der Waals surface area contributed by atoms with Gasteiger partial charge >= 0.3 is 5.97 Å². The number of piperazine rings is 1. The molecule has 0 spiro atoms. The Kier molecular flexibility index (Phi) is 4.73. The molecule has 3 rings (SSSR count). The van der Waals surface area contributed by atoms with Gasteiger partial charge < -0.3 is 19.6 Å². The molecule has 1 N–H and O–H groups in total. The van der Waals surface area contributed by atoms with Gasteiger partial charge in [-0.25, -0.2) is 4.79 Å². The minimum absolute atomic E-state index is 0.0977. The predicted molar refractivity (Wildman–Crippen MR) is 85.8 cm³/mol. The van der Waals surface area contributed by atoms with Crippen molar-refractivity contribution in [2.75, 3.05) is 31.1 Å². The SMILES string of the molecule is O=C(O)[C@@H]1CC[C@H](C(=O)N2CCN(c3cccc(Cl)c3)CC2)O1. The normalized spacial score (nSPS) is 24.7. The van der Waals surface area contributed by atoms with Gasteiger partial charge in [-0.3, -0.25) is 4.79 Å². The van der Waals surface area contributed by atoms with Crippen molar-refractivity contribution in [2.24, 2.45) is 0 Å². The summed E-state index contributed by atoms with van der Waals surface area (Å²) in [5.41, 5.74) is 1.05. The van der Waals surface area contributed by atoms with E-state index < -0.39 is 18.2 Å². The molecule has 1 amide bonds. The van der Waals surface area contributed by atoms with E-state index >= 15 is 0 Å². The molecule has 0 bridgehead atoms. The molecule has 0 saturated carbocycles. The Morgan fingerprint density at radius 2 is 1.83 bits per heavy atom. The topological polar surface area (TPSA) is 70.1 Å². The molecule has 1 aromatic carbocycles. The van der Waals surface area contributed by atoms with Gasteiger partial charge in [-0.15, -0.1) is 0 Å². The third-order valence-corrected chi connectivity index (χ3v) is 4.57. The zero-order valence-corrected chi connectivity index (χ0v) is 13.4. The van der Waals surface area contributed by atoms with Gasteiger partial charge in [0, 0.05) is 36.9 Å². The fourth-order valence-electron chi connectivity index (χ4n) is 3.06. The molecule has 2 aliphatic heterocycles. The Labute approximate surface area is 139 Å². The zero-order chi connectivity index (χ0) is 16.4. The summed E-state index contributed by atoms with van der Waals surface area (Å²) in [6, 6.07) is 7.66. The summed E-state index contributed by atoms with van der Waals surface area (Å²) in [6.07, 6.45) is -0.594. The fraction of sp³-hybridized carbons (Fsp3) is 0.500. The van der Waals surface area contributed by atoms with Crippen molar-refractivity contribution in [1.29, 1.82) is 0 Å². The molecule has 2 aliphatic rings. The number of aliphatic carboxylic acids is 1. The van der Waals surface area contributed by atoms with E-state index in [1.54, 1.807) is 4.90 Å². The van der Waals surface area contributed by atoms with Gasteiger partial charge in [0.25, 0.3) is 5.91 Å². The number of carboxylic acids is 1. The summed E-state index contributed by atoms with van der Waals surface area (Å²) in [4.78, 5) is 27.3. The van der Waals surface area contributed by atoms with Crippen LogP contribution < -0.4 is 4.90 Å². The number of carbonyl (C=O) groups is 2. The minimum Gasteiger partial charge on any atom is -0.479 e. The average molecular weight is 339 g/mol. The van der Waals surface area contributed by atoms with Crippen LogP contribution in [0.1, 0.15) is 12.8 Å². The summed E-state index contributed by atoms with van der Waals surface area (Å²) in [5.74, 6) is -1.09. The van der Waals surface area contributed by atoms with Crippen molar-refractivity contribution >= 4 is 29.2 Å². The summed E-state index contributed by atoms with van der Waals surface area (Å²) >= 11 is 6.01. The first kappa shape index (κ1) is 16.1. The van der Waals surface area contributed by atoms with Crippen LogP contribution in [0.4, 0.5) is 5.69 Å². The van der Waals surface area contributed by atoms with E-state index in [-0.39, 0.29) is 5.91 Å². The van der Waals surface area contributed by atoms with Crippen molar-refractivity contribution in [3.05, 3.63) is 29.3 Å². The summed E-state index contributed by atoms with van der Waals surface area (Å²) in [6.45, 7) is 2.65. The van der Waals surface area contributed by atoms with Crippen molar-refractivity contribution < 1.29 is 19.4 Å². The van der Waals surface area contributed by atoms with Gasteiger partial charge in [0.2, 0.25) is 0 Å². The number of amides is 1. The fourth-order valence-corrected chi connectivity index (χ4v) is 3.25. The van der Waals surface area contributed by atoms with Crippen molar-refractivity contribution in [2.45, 2.75) is 25.0 Å². The molecule has 2 heterocycles. The monoisotopic (exact) mass is 338 g/mol. The first-order valence-corrected chi connectivity index (χ1v) is 8.10. The standard InChI is InChI=1S/C16H19ClN2O4/c17-11-2-1-3-12(10-11)18-6-8-19(9-7-18)15(20)13-4-5-14(23-13)16(21)22/h1-3,10,13-14H,4-9H2,(H,21,22)/t13-,14+/m1/s1. The predicted octanol–water partition coefficient (Wildman–Crippen LogP) is 1.62. The number of carbonyl (C=O) groups excluding carboxylic acids is 1. The van der Waals surface area contributed by atoms with Crippen molar-refractivity contribution in [3.63, 3.8) is 0 Å². The van der Waals surface area contributed by atoms with Crippen LogP contribution in [0.15, 0.2) is 24.3 Å². The number of nitrogens with zero attached hydrogens (tertiary/aromatic N) is 2. The quantitative estimate of drug-likeness (QED) is 0.907. The van der Waals surface area contributed by atoms with E-state index in [4.69, 9.17) is 21.4 Å². The molecular weight excluding hydrogens is 320 g/mol. The van der Waals surface area contributed by atoms with Crippen LogP contribution in [0.25, 0.3) is 0 Å². The Bertz CT molecular complexity index is 601. The molecule has 2 fully saturated rings. The lowest BCUT2D eigenvalue weighted by atomic mass is 10.1. The Morgan fingerprint density at radius 3 is 2.43 bits per heavy atom. The second-order valence-corrected chi connectivity index (χ2v) is 6.26. The van der Waals surface area contributed by atoms with E-state index in [0.717, 1.165) is 18.8 Å². The number of hydrogen-bond donors (Lipinski definition) is 1. The molecule has 0 radical (unpaired) electrons. The third-order valence-electron chi connectivity index (χ3n) is 4.34. The number of hydrogen-bond acceptors (Lipinski definition) is 4. The van der Waals surface area contributed by atoms with Gasteiger partial charge in [-0.1, -0.05) is 17.7 Å². The van der Waals surface area contributed by atoms with Gasteiger partial charge in [0.15, 0.2) is 6.10 Å². The maximum Gasteiger partial charge on any atom is 0.332 e. The van der Waals surface area contributed by atoms with E-state index in [9.17, 15) is 9.59 Å². The van der Waals surface area contributed by atoms with Gasteiger partial charge in [0.1, 0.15) is 6.10 Å². The number of carboxylic acid groups (broad SMARTS) is 1. The lowest BCUT2D eigenvalue weighted by molar-refractivity contribution is -0.154. The van der Waals surface area contributed by atoms with E-state index in [1.165, 1.54) is 0 Å². The smallest absolute Gasteiger partial charge is 0.332 e. The van der Waals surface area contributed by atoms with Crippen molar-refractivity contribution in [3.8, 4) is 0 Å². The molecule has 2 saturated heterocycles. The Balaban J connectivity index is 1.55. The lowest BCUT2D eigenvalue weighted by Gasteiger charge is -2.37. The molecule has 23 heavy (non-hydrogen) atoms. The molecule has 6 nitrogen and oxygen atoms in total. The van der Waals surface area contributed by atoms with Crippen LogP contribution in [-0.2, 0) is 14.3 Å². The molecule has 0 unspecified atom stereocenters. The van der Waals surface area contributed by atoms with Crippen molar-refractivity contribution in [1.82, 2.24) is 4.90 Å². The van der Waals surface area contributed by atoms with Crippen LogP contribution in [0.3, 0.4) is 0 Å². The number of rotatable bonds is 3. The average Bonchev–Trinajstić information content (AvgIpc) is 3.04. The van der Waals surface area contributed by atoms with Crippen LogP contribution in [-0.4, -0.2) is 60.3 Å². The maximum atomic E-state index is 12.4. The van der Waals surface area contributed by atoms with Crippen LogP contribution in [0.5, 0.6) is 0 Å². The zero-order valence-electron chi connectivity index (χ0n) is 12.7. The van der Waals surface area contributed by atoms with Crippen LogP contribution in [0.2, 0.25) is 5.02 Å². The van der Waals surface area contributed by atoms with E-state index in [1.807, 2.05) is 24.3 Å². The summed E-state index contributed by atoms with van der Waals surface area (Å²) < 4.78 is 5.34. The number of ether oxygens (including phenoxy) is 1. The molecular formula is C16H19ClN2O4. The largest absolute Gasteiger partial charge is 0.479 e. The number of benzene rings is 1. The second kappa shape index (κ2) is 6.76. The highest BCUT2D eigenvalue weighted by Gasteiger charge is 2.37. The molecule has 0 aromatic heterocycles. The maximum absolute atomic E-state index is 12.4. The van der Waals surface area contributed by atoms with Crippen LogP contribution >= 0.6 is 11.6 Å². The molecule has 124 valence electrons. The van der Waals surface area contributed by atoms with Gasteiger partial charge in [-0.05, 0) is 31.0 Å². The van der Waals surface area contributed by atoms with Gasteiger partial charge in [-0.2, -0.15) is 0 Å². The molecule has 7 heteroatoms. The molecule has 1 aromatic rings. The summed E-state index contributed by atoms with van der Waals surface area (Å²) in [7, 11) is 0. The Hall–Kier alpha value is -1.79. The molecule has 0 aliphatic carbocycles. The van der Waals surface area contributed by atoms with E-state index in [0.29, 0.717) is 31.0 Å². The molecule has 2 atom stereocenters. The summed E-state index contributed by atoms with van der Waals surface area (Å²) in [5, 5.41) is 9.63. The first-order chi connectivity index (χ1) is 11.0. The van der Waals surface area contributed by atoms with Gasteiger partial charge in [0.05, 0.1) is 0 Å². The van der Waals surface area contributed by atoms with E-state index in [2.05, 4.69) is 4.90 Å².